The van der Waals surface area contributed by atoms with Crippen molar-refractivity contribution in [3.8, 4) is 6.07 Å². The van der Waals surface area contributed by atoms with Gasteiger partial charge in [0.1, 0.15) is 12.3 Å². The van der Waals surface area contributed by atoms with Crippen LogP contribution < -0.4 is 15.9 Å². The van der Waals surface area contributed by atoms with Crippen LogP contribution in [0.3, 0.4) is 0 Å². The van der Waals surface area contributed by atoms with Crippen molar-refractivity contribution >= 4 is 70.6 Å². The van der Waals surface area contributed by atoms with E-state index < -0.39 is 20.6 Å². The summed E-state index contributed by atoms with van der Waals surface area (Å²) in [6.07, 6.45) is 0. The summed E-state index contributed by atoms with van der Waals surface area (Å²) in [7, 11) is -4.03. The summed E-state index contributed by atoms with van der Waals surface area (Å²) in [5.41, 5.74) is 3.71. The van der Waals surface area contributed by atoms with E-state index in [2.05, 4.69) is 36.1 Å². The van der Waals surface area contributed by atoms with Crippen molar-refractivity contribution in [3.05, 3.63) is 137 Å². The smallest absolute Gasteiger partial charge is 0.356 e. The average Bonchev–Trinajstić information content (AvgIpc) is 3.03. The van der Waals surface area contributed by atoms with Gasteiger partial charge in [-0.2, -0.15) is 5.26 Å². The van der Waals surface area contributed by atoms with Gasteiger partial charge in [-0.3, -0.25) is 9.13 Å². The summed E-state index contributed by atoms with van der Waals surface area (Å²) in [5.74, 6) is -3.07. The molecule has 0 atom stereocenters. The van der Waals surface area contributed by atoms with Crippen LogP contribution >= 0.6 is 54.7 Å². The van der Waals surface area contributed by atoms with Crippen LogP contribution in [0.4, 0.5) is 0 Å². The minimum atomic E-state index is -4.02. The normalized spacial score (nSPS) is 10.4. The van der Waals surface area contributed by atoms with Gasteiger partial charge in [-0.1, -0.05) is 108 Å². The summed E-state index contributed by atoms with van der Waals surface area (Å²) >= 11 is 16.9. The molecule has 0 spiro atoms. The van der Waals surface area contributed by atoms with Crippen LogP contribution in [0.2, 0.25) is 0 Å². The molecule has 48 heavy (non-hydrogen) atoms. The predicted molar refractivity (Wildman–Crippen MR) is 207 cm³/mol. The molecule has 260 valence electrons. The molecule has 4 aromatic rings. The fraction of sp³-hybridized carbons (Fsp3) is 0.229. The highest BCUT2D eigenvalue weighted by Gasteiger charge is 2.16. The second kappa shape index (κ2) is 22.9. The molecule has 0 radical (unpaired) electrons. The molecule has 0 aliphatic heterocycles. The molecule has 4 rings (SSSR count). The first kappa shape index (κ1) is 45.4. The standard InChI is InChI=1S/C13H18ClN.C8H11OP.C6H5Cl2OP.C6H7O3P.C2H3N/c1-10(2)13(14)15(4)9-12-7-5-11(3)6-8-12;1-10(2,9)8-6-4-3-5-7-8;2*7-10(8,9)6-4-2-1-3-5-6;1-2-3/h5-8H,9H2,1-4H3;3-7H,1-2H3;1-5H;1-5H,(H2,7,8,9);1H3. The van der Waals surface area contributed by atoms with Crippen LogP contribution in [0.5, 0.6) is 0 Å². The molecule has 0 bridgehead atoms. The van der Waals surface area contributed by atoms with E-state index in [0.717, 1.165) is 22.6 Å². The molecule has 0 fully saturated rings. The van der Waals surface area contributed by atoms with Crippen LogP contribution in [0.1, 0.15) is 31.9 Å². The fourth-order valence-electron chi connectivity index (χ4n) is 3.43. The molecule has 0 aliphatic rings. The third-order valence-corrected chi connectivity index (χ3v) is 11.1. The van der Waals surface area contributed by atoms with Gasteiger partial charge < -0.3 is 19.3 Å². The number of halogens is 3. The Bertz CT molecular complexity index is 1560. The molecule has 7 nitrogen and oxygen atoms in total. The van der Waals surface area contributed by atoms with Gasteiger partial charge in [0.2, 0.25) is 0 Å². The third-order valence-electron chi connectivity index (χ3n) is 5.82. The number of nitrogens with zero attached hydrogens (tertiary/aromatic N) is 2. The van der Waals surface area contributed by atoms with Crippen LogP contribution in [0, 0.1) is 18.3 Å². The molecule has 0 amide bonds. The van der Waals surface area contributed by atoms with E-state index in [4.69, 9.17) is 49.1 Å². The van der Waals surface area contributed by atoms with Crippen molar-refractivity contribution in [1.29, 1.82) is 5.26 Å². The molecule has 0 aromatic heterocycles. The second-order valence-electron chi connectivity index (χ2n) is 10.7. The predicted octanol–water partition coefficient (Wildman–Crippen LogP) is 9.85. The maximum absolute atomic E-state index is 11.4. The quantitative estimate of drug-likeness (QED) is 0.148. The molecule has 0 aliphatic carbocycles. The average molecular weight is 772 g/mol. The van der Waals surface area contributed by atoms with Gasteiger partial charge in [0.15, 0.2) is 0 Å². The number of hydrogen-bond donors (Lipinski definition) is 2. The van der Waals surface area contributed by atoms with Crippen LogP contribution in [-0.4, -0.2) is 35.1 Å². The number of allylic oxidation sites excluding steroid dienone is 1. The zero-order valence-corrected chi connectivity index (χ0v) is 33.1. The SMILES string of the molecule is CC#N.CC(C)=C(Cl)N(C)Cc1ccc(C)cc1.CP(C)(=O)c1ccccc1.O=P(Cl)(Cl)c1ccccc1.O=P(O)(O)c1ccccc1. The fourth-order valence-corrected chi connectivity index (χ4v) is 6.13. The summed E-state index contributed by atoms with van der Waals surface area (Å²) < 4.78 is 32.9. The lowest BCUT2D eigenvalue weighted by molar-refractivity contribution is 0.387. The maximum atomic E-state index is 11.4. The van der Waals surface area contributed by atoms with Crippen molar-refractivity contribution in [2.75, 3.05) is 20.4 Å². The van der Waals surface area contributed by atoms with Gasteiger partial charge in [-0.05, 0) is 92.0 Å². The summed E-state index contributed by atoms with van der Waals surface area (Å²) in [4.78, 5) is 19.3. The van der Waals surface area contributed by atoms with E-state index in [9.17, 15) is 13.7 Å². The minimum Gasteiger partial charge on any atom is -0.361 e. The van der Waals surface area contributed by atoms with Crippen LogP contribution in [0.15, 0.2) is 126 Å². The Kier molecular flexibility index (Phi) is 21.7. The van der Waals surface area contributed by atoms with E-state index in [1.807, 2.05) is 57.3 Å². The first-order valence-electron chi connectivity index (χ1n) is 14.4. The van der Waals surface area contributed by atoms with Gasteiger partial charge in [-0.15, -0.1) is 0 Å². The molecule has 0 saturated heterocycles. The van der Waals surface area contributed by atoms with Crippen LogP contribution in [0.25, 0.3) is 0 Å². The van der Waals surface area contributed by atoms with Crippen molar-refractivity contribution in [1.82, 2.24) is 4.90 Å². The highest BCUT2D eigenvalue weighted by molar-refractivity contribution is 8.13. The molecule has 0 saturated carbocycles. The van der Waals surface area contributed by atoms with Crippen molar-refractivity contribution in [2.24, 2.45) is 0 Å². The summed E-state index contributed by atoms with van der Waals surface area (Å²) in [6, 6.07) is 36.1. The molecule has 0 heterocycles. The first-order valence-corrected chi connectivity index (χ1v) is 22.5. The zero-order chi connectivity index (χ0) is 37.0. The van der Waals surface area contributed by atoms with Gasteiger partial charge in [-0.25, -0.2) is 0 Å². The molecular weight excluding hydrogens is 728 g/mol. The Morgan fingerprint density at radius 3 is 1.33 bits per heavy atom. The molecule has 13 heteroatoms. The van der Waals surface area contributed by atoms with Gasteiger partial charge in [0, 0.05) is 31.1 Å². The van der Waals surface area contributed by atoms with E-state index >= 15 is 0 Å². The van der Waals surface area contributed by atoms with Crippen molar-refractivity contribution in [3.63, 3.8) is 0 Å². The maximum Gasteiger partial charge on any atom is 0.356 e. The highest BCUT2D eigenvalue weighted by atomic mass is 35.9. The number of aryl methyl sites for hydroxylation is 1. The Morgan fingerprint density at radius 2 is 1.08 bits per heavy atom. The van der Waals surface area contributed by atoms with Gasteiger partial charge in [0.25, 0.3) is 5.85 Å². The number of nitriles is 1. The van der Waals surface area contributed by atoms with E-state index in [0.29, 0.717) is 5.30 Å². The van der Waals surface area contributed by atoms with Crippen LogP contribution in [-0.2, 0) is 20.2 Å². The Morgan fingerprint density at radius 1 is 0.729 bits per heavy atom. The molecule has 2 N–H and O–H groups in total. The lowest BCUT2D eigenvalue weighted by atomic mass is 10.1. The Balaban J connectivity index is 0.000000606. The second-order valence-corrected chi connectivity index (χ2v) is 20.7. The van der Waals surface area contributed by atoms with Crippen molar-refractivity contribution in [2.45, 2.75) is 34.2 Å². The minimum absolute atomic E-state index is 0.0648. The first-order chi connectivity index (χ1) is 22.2. The number of hydrogen-bond acceptors (Lipinski definition) is 5. The molecule has 4 aromatic carbocycles. The van der Waals surface area contributed by atoms with Gasteiger partial charge >= 0.3 is 7.60 Å². The lowest BCUT2D eigenvalue weighted by Crippen LogP contribution is -2.14. The highest BCUT2D eigenvalue weighted by Crippen LogP contribution is 2.54. The Hall–Kier alpha value is -2.61. The molecule has 0 unspecified atom stereocenters. The largest absolute Gasteiger partial charge is 0.361 e. The summed E-state index contributed by atoms with van der Waals surface area (Å²) in [6.45, 7) is 12.0. The lowest BCUT2D eigenvalue weighted by Gasteiger charge is -2.19. The Labute approximate surface area is 300 Å². The van der Waals surface area contributed by atoms with Crippen molar-refractivity contribution < 1.29 is 23.5 Å². The van der Waals surface area contributed by atoms with E-state index in [-0.39, 0.29) is 5.30 Å². The zero-order valence-electron chi connectivity index (χ0n) is 28.2. The number of rotatable bonds is 6. The number of benzene rings is 4. The van der Waals surface area contributed by atoms with Gasteiger partial charge in [0.05, 0.1) is 11.4 Å². The third kappa shape index (κ3) is 20.7. The molecular formula is C35H44Cl3N2O5P3. The van der Waals surface area contributed by atoms with E-state index in [1.165, 1.54) is 30.2 Å². The summed E-state index contributed by atoms with van der Waals surface area (Å²) in [5, 5.41) is 9.65. The topological polar surface area (TPSA) is 119 Å². The monoisotopic (exact) mass is 770 g/mol. The van der Waals surface area contributed by atoms with E-state index in [1.54, 1.807) is 61.9 Å².